The van der Waals surface area contributed by atoms with E-state index in [1.807, 2.05) is 12.1 Å². The minimum absolute atomic E-state index is 0.0433. The predicted octanol–water partition coefficient (Wildman–Crippen LogP) is 4.93. The van der Waals surface area contributed by atoms with Crippen LogP contribution in [0.5, 0.6) is 11.6 Å². The molecule has 3 aromatic rings. The zero-order valence-electron chi connectivity index (χ0n) is 13.1. The van der Waals surface area contributed by atoms with Crippen LogP contribution < -0.4 is 0 Å². The summed E-state index contributed by atoms with van der Waals surface area (Å²) in [5.74, 6) is -0.980. The van der Waals surface area contributed by atoms with Crippen molar-refractivity contribution < 1.29 is 15.0 Å². The summed E-state index contributed by atoms with van der Waals surface area (Å²) in [4.78, 5) is 12.2. The van der Waals surface area contributed by atoms with E-state index in [1.165, 1.54) is 12.1 Å². The minimum atomic E-state index is -0.697. The fourth-order valence-electron chi connectivity index (χ4n) is 2.51. The second-order valence-corrected chi connectivity index (χ2v) is 6.17. The van der Waals surface area contributed by atoms with Gasteiger partial charge in [0, 0.05) is 16.4 Å². The van der Waals surface area contributed by atoms with Crippen molar-refractivity contribution in [2.45, 2.75) is 6.54 Å². The third-order valence-corrected chi connectivity index (χ3v) is 4.15. The number of rotatable bonds is 4. The molecular formula is C18H14BrN3O3. The molecule has 3 rings (SSSR count). The van der Waals surface area contributed by atoms with Gasteiger partial charge >= 0.3 is 0 Å². The molecule has 1 heterocycles. The first-order valence-corrected chi connectivity index (χ1v) is 8.18. The smallest absolute Gasteiger partial charge is 0.299 e. The van der Waals surface area contributed by atoms with Crippen molar-refractivity contribution in [2.75, 3.05) is 0 Å². The van der Waals surface area contributed by atoms with E-state index in [0.29, 0.717) is 11.9 Å². The number of aromatic nitrogens is 1. The number of phenolic OH excluding ortho intramolecular Hbond substituents is 1. The lowest BCUT2D eigenvalue weighted by Gasteiger charge is -2.02. The number of halogens is 1. The number of azo groups is 1. The number of amides is 1. The summed E-state index contributed by atoms with van der Waals surface area (Å²) in [6.07, 6.45) is 1.65. The van der Waals surface area contributed by atoms with E-state index in [2.05, 4.69) is 32.7 Å². The number of hydrogen-bond acceptors (Lipinski definition) is 4. The SMILES string of the molecule is C=CCn1c(O)c(N=NC(=O)c2ccccc2O)c2cc(Br)ccc21. The van der Waals surface area contributed by atoms with Gasteiger partial charge in [0.25, 0.3) is 5.91 Å². The summed E-state index contributed by atoms with van der Waals surface area (Å²) < 4.78 is 2.42. The summed E-state index contributed by atoms with van der Waals surface area (Å²) in [6.45, 7) is 4.06. The summed E-state index contributed by atoms with van der Waals surface area (Å²) in [7, 11) is 0. The van der Waals surface area contributed by atoms with Crippen LogP contribution >= 0.6 is 15.9 Å². The molecule has 0 fully saturated rings. The average Bonchev–Trinajstić information content (AvgIpc) is 2.85. The molecule has 1 aromatic heterocycles. The highest BCUT2D eigenvalue weighted by molar-refractivity contribution is 9.10. The van der Waals surface area contributed by atoms with Gasteiger partial charge in [0.15, 0.2) is 5.69 Å². The Hall–Kier alpha value is -2.93. The van der Waals surface area contributed by atoms with E-state index in [9.17, 15) is 15.0 Å². The summed E-state index contributed by atoms with van der Waals surface area (Å²) in [6, 6.07) is 11.5. The monoisotopic (exact) mass is 399 g/mol. The number of hydrogen-bond donors (Lipinski definition) is 2. The number of allylic oxidation sites excluding steroid dienone is 1. The van der Waals surface area contributed by atoms with Gasteiger partial charge in [-0.15, -0.1) is 16.8 Å². The zero-order chi connectivity index (χ0) is 18.0. The molecule has 126 valence electrons. The van der Waals surface area contributed by atoms with Gasteiger partial charge < -0.3 is 14.8 Å². The Morgan fingerprint density at radius 2 is 2.00 bits per heavy atom. The molecule has 25 heavy (non-hydrogen) atoms. The van der Waals surface area contributed by atoms with Crippen LogP contribution in [0.4, 0.5) is 5.69 Å². The number of carbonyl (C=O) groups is 1. The van der Waals surface area contributed by atoms with Crippen LogP contribution in [0, 0.1) is 0 Å². The fraction of sp³-hybridized carbons (Fsp3) is 0.0556. The highest BCUT2D eigenvalue weighted by Crippen LogP contribution is 2.40. The predicted molar refractivity (Wildman–Crippen MR) is 98.5 cm³/mol. The molecule has 0 saturated carbocycles. The normalized spacial score (nSPS) is 11.2. The van der Waals surface area contributed by atoms with Gasteiger partial charge in [-0.25, -0.2) is 0 Å². The van der Waals surface area contributed by atoms with Gasteiger partial charge in [-0.3, -0.25) is 4.79 Å². The molecule has 0 radical (unpaired) electrons. The molecule has 0 atom stereocenters. The van der Waals surface area contributed by atoms with Gasteiger partial charge in [0.05, 0.1) is 11.1 Å². The first kappa shape index (κ1) is 16.9. The van der Waals surface area contributed by atoms with Crippen LogP contribution in [0.3, 0.4) is 0 Å². The molecule has 0 aliphatic rings. The standard InChI is InChI=1S/C18H14BrN3O3/c1-2-9-22-14-8-7-11(19)10-13(14)16(18(22)25)20-21-17(24)12-5-3-4-6-15(12)23/h2-8,10,23,25H,1,9H2. The molecule has 2 N–H and O–H groups in total. The van der Waals surface area contributed by atoms with Crippen molar-refractivity contribution in [3.8, 4) is 11.6 Å². The summed E-state index contributed by atoms with van der Waals surface area (Å²) in [5, 5.41) is 28.4. The lowest BCUT2D eigenvalue weighted by Crippen LogP contribution is -1.94. The van der Waals surface area contributed by atoms with Crippen LogP contribution in [0.25, 0.3) is 10.9 Å². The van der Waals surface area contributed by atoms with Crippen LogP contribution in [0.1, 0.15) is 10.4 Å². The van der Waals surface area contributed by atoms with E-state index in [-0.39, 0.29) is 22.9 Å². The molecule has 0 unspecified atom stereocenters. The van der Waals surface area contributed by atoms with Crippen LogP contribution in [0.15, 0.2) is 69.8 Å². The van der Waals surface area contributed by atoms with Crippen molar-refractivity contribution in [1.29, 1.82) is 0 Å². The Balaban J connectivity index is 2.08. The third-order valence-electron chi connectivity index (χ3n) is 3.66. The Bertz CT molecular complexity index is 1010. The zero-order valence-corrected chi connectivity index (χ0v) is 14.6. The van der Waals surface area contributed by atoms with Crippen LogP contribution in [-0.2, 0) is 6.54 Å². The molecule has 2 aromatic carbocycles. The molecule has 1 amide bonds. The molecule has 0 spiro atoms. The quantitative estimate of drug-likeness (QED) is 0.481. The fourth-order valence-corrected chi connectivity index (χ4v) is 2.87. The van der Waals surface area contributed by atoms with Crippen LogP contribution in [-0.4, -0.2) is 20.7 Å². The molecule has 0 aliphatic heterocycles. The maximum atomic E-state index is 12.2. The topological polar surface area (TPSA) is 87.2 Å². The number of para-hydroxylation sites is 1. The van der Waals surface area contributed by atoms with E-state index >= 15 is 0 Å². The minimum Gasteiger partial charge on any atom is -0.507 e. The second-order valence-electron chi connectivity index (χ2n) is 5.26. The van der Waals surface area contributed by atoms with Gasteiger partial charge in [-0.05, 0) is 30.3 Å². The van der Waals surface area contributed by atoms with E-state index in [0.717, 1.165) is 9.99 Å². The molecule has 0 aliphatic carbocycles. The first-order valence-electron chi connectivity index (χ1n) is 7.38. The van der Waals surface area contributed by atoms with E-state index < -0.39 is 5.91 Å². The average molecular weight is 400 g/mol. The number of phenols is 1. The van der Waals surface area contributed by atoms with E-state index in [4.69, 9.17) is 0 Å². The van der Waals surface area contributed by atoms with Gasteiger partial charge in [0.2, 0.25) is 5.88 Å². The number of nitrogens with zero attached hydrogens (tertiary/aromatic N) is 3. The van der Waals surface area contributed by atoms with Gasteiger partial charge in [-0.2, -0.15) is 0 Å². The number of carbonyl (C=O) groups excluding carboxylic acids is 1. The Kier molecular flexibility index (Phi) is 4.67. The Morgan fingerprint density at radius 1 is 1.24 bits per heavy atom. The second kappa shape index (κ2) is 6.90. The maximum Gasteiger partial charge on any atom is 0.299 e. The Labute approximate surface area is 151 Å². The maximum absolute atomic E-state index is 12.2. The van der Waals surface area contributed by atoms with Crippen molar-refractivity contribution in [3.05, 3.63) is 65.2 Å². The first-order chi connectivity index (χ1) is 12.0. The summed E-state index contributed by atoms with van der Waals surface area (Å²) in [5.41, 5.74) is 0.966. The lowest BCUT2D eigenvalue weighted by molar-refractivity contribution is 0.0992. The van der Waals surface area contributed by atoms with Crippen molar-refractivity contribution in [2.24, 2.45) is 10.2 Å². The van der Waals surface area contributed by atoms with Crippen molar-refractivity contribution in [3.63, 3.8) is 0 Å². The van der Waals surface area contributed by atoms with Gasteiger partial charge in [-0.1, -0.05) is 34.1 Å². The summed E-state index contributed by atoms with van der Waals surface area (Å²) >= 11 is 3.38. The molecule has 0 bridgehead atoms. The number of aromatic hydroxyl groups is 2. The van der Waals surface area contributed by atoms with Crippen LogP contribution in [0.2, 0.25) is 0 Å². The molecular weight excluding hydrogens is 386 g/mol. The molecule has 0 saturated heterocycles. The van der Waals surface area contributed by atoms with E-state index in [1.54, 1.807) is 28.8 Å². The highest BCUT2D eigenvalue weighted by Gasteiger charge is 2.17. The van der Waals surface area contributed by atoms with Crippen molar-refractivity contribution in [1.82, 2.24) is 4.57 Å². The van der Waals surface area contributed by atoms with Gasteiger partial charge in [0.1, 0.15) is 5.75 Å². The lowest BCUT2D eigenvalue weighted by atomic mass is 10.2. The number of fused-ring (bicyclic) bond motifs is 1. The third kappa shape index (κ3) is 3.18. The largest absolute Gasteiger partial charge is 0.507 e. The highest BCUT2D eigenvalue weighted by atomic mass is 79.9. The number of benzene rings is 2. The Morgan fingerprint density at radius 3 is 2.72 bits per heavy atom. The molecule has 6 nitrogen and oxygen atoms in total. The van der Waals surface area contributed by atoms with Crippen molar-refractivity contribution >= 4 is 38.4 Å². The molecule has 7 heteroatoms.